The number of amides is 1. The van der Waals surface area contributed by atoms with Crippen LogP contribution in [-0.4, -0.2) is 18.7 Å². The van der Waals surface area contributed by atoms with Crippen molar-refractivity contribution in [2.45, 2.75) is 13.8 Å². The molecule has 4 aromatic rings. The topological polar surface area (TPSA) is 50.7 Å². The van der Waals surface area contributed by atoms with Gasteiger partial charge in [-0.25, -0.2) is 5.43 Å². The van der Waals surface area contributed by atoms with Gasteiger partial charge in [0.2, 0.25) is 0 Å². The molecule has 0 aliphatic carbocycles. The summed E-state index contributed by atoms with van der Waals surface area (Å²) in [5.41, 5.74) is 5.64. The molecule has 1 amide bonds. The third kappa shape index (κ3) is 4.11. The fourth-order valence-corrected chi connectivity index (χ4v) is 3.40. The average Bonchev–Trinajstić information content (AvgIpc) is 2.74. The molecule has 4 rings (SSSR count). The Kier molecular flexibility index (Phi) is 5.25. The number of nitrogens with zero attached hydrogens (tertiary/aromatic N) is 1. The van der Waals surface area contributed by atoms with Crippen LogP contribution in [0.4, 0.5) is 0 Å². The van der Waals surface area contributed by atoms with Gasteiger partial charge in [0.25, 0.3) is 5.91 Å². The van der Waals surface area contributed by atoms with Gasteiger partial charge in [-0.2, -0.15) is 5.10 Å². The summed E-state index contributed by atoms with van der Waals surface area (Å²) in [6.07, 6.45) is 1.71. The Balaban J connectivity index is 1.52. The Labute approximate surface area is 169 Å². The highest BCUT2D eigenvalue weighted by Crippen LogP contribution is 2.27. The molecule has 1 N–H and O–H groups in total. The molecule has 0 radical (unpaired) electrons. The Morgan fingerprint density at radius 1 is 0.931 bits per heavy atom. The second-order valence-corrected chi connectivity index (χ2v) is 7.08. The Bertz CT molecular complexity index is 1170. The predicted octanol–water partition coefficient (Wildman–Crippen LogP) is 5.14. The highest BCUT2D eigenvalue weighted by molar-refractivity contribution is 6.13. The minimum absolute atomic E-state index is 0.0854. The first kappa shape index (κ1) is 18.7. The minimum Gasteiger partial charge on any atom is -0.483 e. The molecule has 0 aliphatic rings. The number of hydrogen-bond acceptors (Lipinski definition) is 3. The van der Waals surface area contributed by atoms with Crippen LogP contribution in [-0.2, 0) is 4.79 Å². The minimum atomic E-state index is -0.299. The molecule has 0 saturated heterocycles. The van der Waals surface area contributed by atoms with E-state index in [0.29, 0.717) is 5.75 Å². The van der Waals surface area contributed by atoms with Crippen LogP contribution in [0.15, 0.2) is 77.9 Å². The summed E-state index contributed by atoms with van der Waals surface area (Å²) >= 11 is 0. The summed E-state index contributed by atoms with van der Waals surface area (Å²) < 4.78 is 5.64. The van der Waals surface area contributed by atoms with Crippen molar-refractivity contribution in [3.05, 3.63) is 89.5 Å². The van der Waals surface area contributed by atoms with Gasteiger partial charge in [-0.3, -0.25) is 4.79 Å². The van der Waals surface area contributed by atoms with E-state index in [1.165, 1.54) is 0 Å². The standard InChI is InChI=1S/C25H22N2O2/c1-17-11-12-18(2)24(13-17)29-16-25(28)27-26-15-23-21-9-5-3-7-19(21)14-20-8-4-6-10-22(20)23/h3-15H,16H2,1-2H3,(H,27,28). The lowest BCUT2D eigenvalue weighted by Crippen LogP contribution is -2.24. The molecule has 29 heavy (non-hydrogen) atoms. The number of benzene rings is 4. The zero-order chi connectivity index (χ0) is 20.2. The van der Waals surface area contributed by atoms with Crippen LogP contribution in [0.3, 0.4) is 0 Å². The number of hydrazone groups is 1. The second kappa shape index (κ2) is 8.15. The fourth-order valence-electron chi connectivity index (χ4n) is 3.40. The van der Waals surface area contributed by atoms with E-state index in [9.17, 15) is 4.79 Å². The number of carbonyl (C=O) groups excluding carboxylic acids is 1. The highest BCUT2D eigenvalue weighted by Gasteiger charge is 2.07. The average molecular weight is 382 g/mol. The van der Waals surface area contributed by atoms with Gasteiger partial charge in [-0.1, -0.05) is 60.7 Å². The van der Waals surface area contributed by atoms with Crippen molar-refractivity contribution in [1.82, 2.24) is 5.43 Å². The number of hydrogen-bond donors (Lipinski definition) is 1. The van der Waals surface area contributed by atoms with Crippen LogP contribution in [0.2, 0.25) is 0 Å². The number of fused-ring (bicyclic) bond motifs is 2. The quantitative estimate of drug-likeness (QED) is 0.295. The number of ether oxygens (including phenoxy) is 1. The Hall–Kier alpha value is -3.66. The Morgan fingerprint density at radius 2 is 1.59 bits per heavy atom. The third-order valence-electron chi connectivity index (χ3n) is 4.90. The summed E-state index contributed by atoms with van der Waals surface area (Å²) in [5, 5.41) is 8.65. The molecule has 0 unspecified atom stereocenters. The molecule has 0 heterocycles. The van der Waals surface area contributed by atoms with E-state index in [4.69, 9.17) is 4.74 Å². The summed E-state index contributed by atoms with van der Waals surface area (Å²) in [5.74, 6) is 0.413. The van der Waals surface area contributed by atoms with Gasteiger partial charge >= 0.3 is 0 Å². The fraction of sp³-hybridized carbons (Fsp3) is 0.120. The Morgan fingerprint density at radius 3 is 2.28 bits per heavy atom. The molecule has 0 spiro atoms. The zero-order valence-electron chi connectivity index (χ0n) is 16.5. The van der Waals surface area contributed by atoms with Crippen LogP contribution < -0.4 is 10.2 Å². The van der Waals surface area contributed by atoms with E-state index in [0.717, 1.165) is 38.2 Å². The van der Waals surface area contributed by atoms with E-state index in [2.05, 4.69) is 40.9 Å². The van der Waals surface area contributed by atoms with E-state index in [-0.39, 0.29) is 12.5 Å². The summed E-state index contributed by atoms with van der Waals surface area (Å²) in [4.78, 5) is 12.2. The molecular formula is C25H22N2O2. The molecule has 0 aliphatic heterocycles. The van der Waals surface area contributed by atoms with Gasteiger partial charge in [-0.05, 0) is 58.7 Å². The van der Waals surface area contributed by atoms with Crippen molar-refractivity contribution < 1.29 is 9.53 Å². The molecule has 4 heteroatoms. The van der Waals surface area contributed by atoms with E-state index < -0.39 is 0 Å². The maximum absolute atomic E-state index is 12.2. The van der Waals surface area contributed by atoms with Crippen molar-refractivity contribution in [2.24, 2.45) is 5.10 Å². The summed E-state index contributed by atoms with van der Waals surface area (Å²) in [7, 11) is 0. The monoisotopic (exact) mass is 382 g/mol. The molecular weight excluding hydrogens is 360 g/mol. The van der Waals surface area contributed by atoms with E-state index >= 15 is 0 Å². The third-order valence-corrected chi connectivity index (χ3v) is 4.90. The first-order valence-electron chi connectivity index (χ1n) is 9.54. The SMILES string of the molecule is Cc1ccc(C)c(OCC(=O)NN=Cc2c3ccccc3cc3ccccc23)c1. The molecule has 0 fully saturated rings. The largest absolute Gasteiger partial charge is 0.483 e. The maximum atomic E-state index is 12.2. The normalized spacial score (nSPS) is 11.2. The van der Waals surface area contributed by atoms with Crippen molar-refractivity contribution in [3.63, 3.8) is 0 Å². The van der Waals surface area contributed by atoms with Gasteiger partial charge < -0.3 is 4.74 Å². The van der Waals surface area contributed by atoms with Crippen molar-refractivity contribution in [2.75, 3.05) is 6.61 Å². The van der Waals surface area contributed by atoms with E-state index in [1.807, 2.05) is 56.3 Å². The predicted molar refractivity (Wildman–Crippen MR) is 119 cm³/mol. The first-order chi connectivity index (χ1) is 14.1. The smallest absolute Gasteiger partial charge is 0.277 e. The lowest BCUT2D eigenvalue weighted by Gasteiger charge is -2.09. The molecule has 4 aromatic carbocycles. The van der Waals surface area contributed by atoms with Crippen molar-refractivity contribution in [1.29, 1.82) is 0 Å². The summed E-state index contributed by atoms with van der Waals surface area (Å²) in [6.45, 7) is 3.86. The van der Waals surface area contributed by atoms with Gasteiger partial charge in [0.1, 0.15) is 5.75 Å². The van der Waals surface area contributed by atoms with Crippen LogP contribution >= 0.6 is 0 Å². The number of rotatable bonds is 5. The number of aryl methyl sites for hydroxylation is 2. The van der Waals surface area contributed by atoms with E-state index in [1.54, 1.807) is 6.21 Å². The summed E-state index contributed by atoms with van der Waals surface area (Å²) in [6, 6.07) is 24.4. The number of carbonyl (C=O) groups is 1. The van der Waals surface area contributed by atoms with Crippen LogP contribution in [0, 0.1) is 13.8 Å². The molecule has 0 saturated carbocycles. The van der Waals surface area contributed by atoms with Crippen LogP contribution in [0.5, 0.6) is 5.75 Å². The lowest BCUT2D eigenvalue weighted by molar-refractivity contribution is -0.123. The van der Waals surface area contributed by atoms with Crippen LogP contribution in [0.1, 0.15) is 16.7 Å². The second-order valence-electron chi connectivity index (χ2n) is 7.08. The molecule has 0 bridgehead atoms. The van der Waals surface area contributed by atoms with Crippen molar-refractivity contribution in [3.8, 4) is 5.75 Å². The zero-order valence-corrected chi connectivity index (χ0v) is 16.5. The van der Waals surface area contributed by atoms with Crippen LogP contribution in [0.25, 0.3) is 21.5 Å². The number of nitrogens with one attached hydrogen (secondary N) is 1. The molecule has 0 atom stereocenters. The molecule has 144 valence electrons. The van der Waals surface area contributed by atoms with Gasteiger partial charge in [0.15, 0.2) is 6.61 Å². The van der Waals surface area contributed by atoms with Gasteiger partial charge in [-0.15, -0.1) is 0 Å². The van der Waals surface area contributed by atoms with Gasteiger partial charge in [0, 0.05) is 5.56 Å². The highest BCUT2D eigenvalue weighted by atomic mass is 16.5. The van der Waals surface area contributed by atoms with Gasteiger partial charge in [0.05, 0.1) is 6.21 Å². The molecule has 0 aromatic heterocycles. The molecule has 4 nitrogen and oxygen atoms in total. The van der Waals surface area contributed by atoms with Crippen molar-refractivity contribution >= 4 is 33.7 Å². The first-order valence-corrected chi connectivity index (χ1v) is 9.54. The lowest BCUT2D eigenvalue weighted by atomic mass is 9.97. The maximum Gasteiger partial charge on any atom is 0.277 e.